The monoisotopic (exact) mass is 261 g/mol. The molecule has 6 heteroatoms. The maximum absolute atomic E-state index is 12.0. The molecule has 3 rings (SSSR count). The molecule has 1 aliphatic heterocycles. The standard InChI is InChI=1S/C13H15N3O3/c14-11-7-12(17)15(9-5-6-9)13(11)8-1-3-10(4-2-8)16(18)19/h1-4,9,11,13H,5-7,14H2. The van der Waals surface area contributed by atoms with Gasteiger partial charge in [0.1, 0.15) is 0 Å². The molecule has 1 heterocycles. The van der Waals surface area contributed by atoms with E-state index < -0.39 is 4.92 Å². The van der Waals surface area contributed by atoms with Crippen molar-refractivity contribution in [3.63, 3.8) is 0 Å². The van der Waals surface area contributed by atoms with E-state index in [-0.39, 0.29) is 23.7 Å². The van der Waals surface area contributed by atoms with Crippen molar-refractivity contribution in [2.45, 2.75) is 37.4 Å². The van der Waals surface area contributed by atoms with Gasteiger partial charge in [0.2, 0.25) is 5.91 Å². The number of likely N-dealkylation sites (tertiary alicyclic amines) is 1. The highest BCUT2D eigenvalue weighted by atomic mass is 16.6. The van der Waals surface area contributed by atoms with Gasteiger partial charge in [-0.1, -0.05) is 12.1 Å². The fourth-order valence-corrected chi connectivity index (χ4v) is 2.76. The van der Waals surface area contributed by atoms with Crippen LogP contribution in [-0.4, -0.2) is 27.8 Å². The molecule has 6 nitrogen and oxygen atoms in total. The third kappa shape index (κ3) is 2.08. The van der Waals surface area contributed by atoms with E-state index in [9.17, 15) is 14.9 Å². The average Bonchev–Trinajstić information content (AvgIpc) is 3.15. The first-order valence-corrected chi connectivity index (χ1v) is 6.39. The topological polar surface area (TPSA) is 89.5 Å². The summed E-state index contributed by atoms with van der Waals surface area (Å²) in [7, 11) is 0. The highest BCUT2D eigenvalue weighted by molar-refractivity contribution is 5.81. The Balaban J connectivity index is 1.90. The van der Waals surface area contributed by atoms with Gasteiger partial charge in [-0.15, -0.1) is 0 Å². The van der Waals surface area contributed by atoms with Crippen LogP contribution in [0, 0.1) is 10.1 Å². The van der Waals surface area contributed by atoms with E-state index in [2.05, 4.69) is 0 Å². The molecule has 2 N–H and O–H groups in total. The molecule has 1 aromatic rings. The van der Waals surface area contributed by atoms with Gasteiger partial charge >= 0.3 is 0 Å². The first kappa shape index (κ1) is 12.1. The van der Waals surface area contributed by atoms with Crippen LogP contribution >= 0.6 is 0 Å². The average molecular weight is 261 g/mol. The molecule has 1 saturated heterocycles. The summed E-state index contributed by atoms with van der Waals surface area (Å²) in [6, 6.07) is 6.29. The van der Waals surface area contributed by atoms with Crippen LogP contribution in [0.2, 0.25) is 0 Å². The molecule has 2 aliphatic rings. The highest BCUT2D eigenvalue weighted by Gasteiger charge is 2.45. The maximum Gasteiger partial charge on any atom is 0.269 e. The Labute approximate surface area is 110 Å². The minimum absolute atomic E-state index is 0.0552. The van der Waals surface area contributed by atoms with E-state index in [0.29, 0.717) is 12.5 Å². The molecule has 2 fully saturated rings. The van der Waals surface area contributed by atoms with Crippen LogP contribution in [-0.2, 0) is 4.79 Å². The van der Waals surface area contributed by atoms with Crippen LogP contribution in [0.3, 0.4) is 0 Å². The van der Waals surface area contributed by atoms with Crippen molar-refractivity contribution in [1.82, 2.24) is 4.90 Å². The summed E-state index contributed by atoms with van der Waals surface area (Å²) >= 11 is 0. The lowest BCUT2D eigenvalue weighted by molar-refractivity contribution is -0.384. The lowest BCUT2D eigenvalue weighted by Gasteiger charge is -2.27. The van der Waals surface area contributed by atoms with E-state index in [0.717, 1.165) is 18.4 Å². The normalized spacial score (nSPS) is 26.8. The lowest BCUT2D eigenvalue weighted by atomic mass is 10.0. The van der Waals surface area contributed by atoms with Gasteiger partial charge in [-0.05, 0) is 18.4 Å². The Bertz CT molecular complexity index is 524. The van der Waals surface area contributed by atoms with Gasteiger partial charge in [0, 0.05) is 30.6 Å². The highest BCUT2D eigenvalue weighted by Crippen LogP contribution is 2.41. The summed E-state index contributed by atoms with van der Waals surface area (Å²) in [6.45, 7) is 0. The van der Waals surface area contributed by atoms with Crippen LogP contribution in [0.5, 0.6) is 0 Å². The van der Waals surface area contributed by atoms with Crippen molar-refractivity contribution in [2.75, 3.05) is 0 Å². The summed E-state index contributed by atoms with van der Waals surface area (Å²) in [6.07, 6.45) is 2.42. The summed E-state index contributed by atoms with van der Waals surface area (Å²) in [5.41, 5.74) is 7.00. The van der Waals surface area contributed by atoms with Crippen LogP contribution in [0.15, 0.2) is 24.3 Å². The van der Waals surface area contributed by atoms with Gasteiger partial charge in [-0.25, -0.2) is 0 Å². The smallest absolute Gasteiger partial charge is 0.269 e. The molecule has 19 heavy (non-hydrogen) atoms. The number of nitro benzene ring substituents is 1. The van der Waals surface area contributed by atoms with Gasteiger partial charge in [0.15, 0.2) is 0 Å². The van der Waals surface area contributed by atoms with Crippen LogP contribution in [0.25, 0.3) is 0 Å². The minimum atomic E-state index is -0.428. The second kappa shape index (κ2) is 4.31. The first-order valence-electron chi connectivity index (χ1n) is 6.39. The SMILES string of the molecule is NC1CC(=O)N(C2CC2)C1c1ccc([N+](=O)[O-])cc1. The molecule has 100 valence electrons. The number of benzene rings is 1. The van der Waals surface area contributed by atoms with E-state index in [1.54, 1.807) is 12.1 Å². The Morgan fingerprint density at radius 1 is 1.26 bits per heavy atom. The van der Waals surface area contributed by atoms with E-state index in [1.165, 1.54) is 12.1 Å². The molecule has 0 radical (unpaired) electrons. The molecule has 0 aromatic heterocycles. The van der Waals surface area contributed by atoms with Crippen molar-refractivity contribution < 1.29 is 9.72 Å². The molecule has 2 unspecified atom stereocenters. The lowest BCUT2D eigenvalue weighted by Crippen LogP contribution is -2.34. The summed E-state index contributed by atoms with van der Waals surface area (Å²) in [5, 5.41) is 10.6. The van der Waals surface area contributed by atoms with Crippen LogP contribution in [0.1, 0.15) is 30.9 Å². The molecule has 0 spiro atoms. The van der Waals surface area contributed by atoms with E-state index >= 15 is 0 Å². The van der Waals surface area contributed by atoms with Crippen molar-refractivity contribution in [3.8, 4) is 0 Å². The fourth-order valence-electron chi connectivity index (χ4n) is 2.76. The second-order valence-electron chi connectivity index (χ2n) is 5.19. The Morgan fingerprint density at radius 3 is 2.42 bits per heavy atom. The molecule has 1 amide bonds. The Hall–Kier alpha value is -1.95. The molecule has 1 aromatic carbocycles. The zero-order chi connectivity index (χ0) is 13.6. The number of rotatable bonds is 3. The number of carbonyl (C=O) groups is 1. The van der Waals surface area contributed by atoms with Crippen molar-refractivity contribution >= 4 is 11.6 Å². The van der Waals surface area contributed by atoms with Gasteiger partial charge in [0.25, 0.3) is 5.69 Å². The number of hydrogen-bond acceptors (Lipinski definition) is 4. The number of nitrogens with two attached hydrogens (primary N) is 1. The van der Waals surface area contributed by atoms with Gasteiger partial charge < -0.3 is 10.6 Å². The van der Waals surface area contributed by atoms with Gasteiger partial charge in [0.05, 0.1) is 11.0 Å². The van der Waals surface area contributed by atoms with Gasteiger partial charge in [-0.3, -0.25) is 14.9 Å². The zero-order valence-corrected chi connectivity index (χ0v) is 10.4. The van der Waals surface area contributed by atoms with Crippen molar-refractivity contribution in [1.29, 1.82) is 0 Å². The predicted molar refractivity (Wildman–Crippen MR) is 68.3 cm³/mol. The van der Waals surface area contributed by atoms with E-state index in [4.69, 9.17) is 5.73 Å². The molecule has 2 atom stereocenters. The Morgan fingerprint density at radius 2 is 1.89 bits per heavy atom. The van der Waals surface area contributed by atoms with E-state index in [1.807, 2.05) is 4.90 Å². The molecular weight excluding hydrogens is 246 g/mol. The largest absolute Gasteiger partial charge is 0.331 e. The Kier molecular flexibility index (Phi) is 2.74. The molecule has 1 aliphatic carbocycles. The van der Waals surface area contributed by atoms with Crippen LogP contribution < -0.4 is 5.73 Å². The fraction of sp³-hybridized carbons (Fsp3) is 0.462. The summed E-state index contributed by atoms with van der Waals surface area (Å²) in [4.78, 5) is 24.1. The predicted octanol–water partition coefficient (Wildman–Crippen LogP) is 1.36. The van der Waals surface area contributed by atoms with Crippen molar-refractivity contribution in [2.24, 2.45) is 5.73 Å². The second-order valence-corrected chi connectivity index (χ2v) is 5.19. The summed E-state index contributed by atoms with van der Waals surface area (Å²) < 4.78 is 0. The third-order valence-corrected chi connectivity index (χ3v) is 3.79. The summed E-state index contributed by atoms with van der Waals surface area (Å²) in [5.74, 6) is 0.0957. The number of amides is 1. The molecular formula is C13H15N3O3. The van der Waals surface area contributed by atoms with Crippen LogP contribution in [0.4, 0.5) is 5.69 Å². The number of nitrogens with zero attached hydrogens (tertiary/aromatic N) is 2. The van der Waals surface area contributed by atoms with Crippen molar-refractivity contribution in [3.05, 3.63) is 39.9 Å². The first-order chi connectivity index (χ1) is 9.08. The number of carbonyl (C=O) groups excluding carboxylic acids is 1. The molecule has 0 bridgehead atoms. The quantitative estimate of drug-likeness (QED) is 0.657. The zero-order valence-electron chi connectivity index (χ0n) is 10.4. The third-order valence-electron chi connectivity index (χ3n) is 3.79. The maximum atomic E-state index is 12.0. The van der Waals surface area contributed by atoms with Gasteiger partial charge in [-0.2, -0.15) is 0 Å². The number of hydrogen-bond donors (Lipinski definition) is 1. The minimum Gasteiger partial charge on any atom is -0.331 e. The number of non-ortho nitro benzene ring substituents is 1. The number of nitro groups is 1. The molecule has 1 saturated carbocycles.